The van der Waals surface area contributed by atoms with Crippen molar-refractivity contribution in [3.8, 4) is 0 Å². The van der Waals surface area contributed by atoms with Crippen molar-refractivity contribution in [3.05, 3.63) is 12.2 Å². The van der Waals surface area contributed by atoms with E-state index in [9.17, 15) is 4.79 Å². The summed E-state index contributed by atoms with van der Waals surface area (Å²) in [7, 11) is -1.84. The molecule has 0 aromatic carbocycles. The summed E-state index contributed by atoms with van der Waals surface area (Å²) >= 11 is 0. The van der Waals surface area contributed by atoms with Gasteiger partial charge in [-0.1, -0.05) is 39.8 Å². The zero-order chi connectivity index (χ0) is 18.8. The predicted octanol–water partition coefficient (Wildman–Crippen LogP) is 5.35. The number of carbonyl (C=O) groups excluding carboxylic acids is 1. The Labute approximate surface area is 149 Å². The maximum absolute atomic E-state index is 12.7. The van der Waals surface area contributed by atoms with Crippen LogP contribution in [0, 0.1) is 0 Å². The van der Waals surface area contributed by atoms with E-state index in [0.717, 1.165) is 12.8 Å². The van der Waals surface area contributed by atoms with Gasteiger partial charge in [-0.3, -0.25) is 4.90 Å². The molecule has 0 bridgehead atoms. The lowest BCUT2D eigenvalue weighted by Crippen LogP contribution is -2.53. The molecule has 5 heteroatoms. The monoisotopic (exact) mass is 355 g/mol. The second-order valence-corrected chi connectivity index (χ2v) is 14.1. The van der Waals surface area contributed by atoms with E-state index >= 15 is 0 Å². The molecule has 0 radical (unpaired) electrons. The smallest absolute Gasteiger partial charge is 0.411 e. The van der Waals surface area contributed by atoms with Crippen molar-refractivity contribution in [2.75, 3.05) is 6.61 Å². The topological polar surface area (TPSA) is 38.8 Å². The van der Waals surface area contributed by atoms with Crippen LogP contribution in [0.1, 0.15) is 61.3 Å². The molecule has 24 heavy (non-hydrogen) atoms. The van der Waals surface area contributed by atoms with Crippen LogP contribution in [0.4, 0.5) is 4.79 Å². The van der Waals surface area contributed by atoms with Gasteiger partial charge in [0, 0.05) is 6.04 Å². The Balaban J connectivity index is 2.91. The number of amides is 1. The third kappa shape index (κ3) is 5.62. The molecule has 0 fully saturated rings. The molecule has 1 heterocycles. The van der Waals surface area contributed by atoms with Gasteiger partial charge in [0.05, 0.1) is 12.6 Å². The predicted molar refractivity (Wildman–Crippen MR) is 103 cm³/mol. The largest absolute Gasteiger partial charge is 0.444 e. The Morgan fingerprint density at radius 2 is 1.79 bits per heavy atom. The number of hydrogen-bond acceptors (Lipinski definition) is 3. The number of rotatable bonds is 4. The van der Waals surface area contributed by atoms with Crippen LogP contribution in [0.25, 0.3) is 0 Å². The molecule has 1 aliphatic heterocycles. The fourth-order valence-corrected chi connectivity index (χ4v) is 3.50. The first-order valence-corrected chi connectivity index (χ1v) is 12.0. The second kappa shape index (κ2) is 7.61. The molecular weight excluding hydrogens is 318 g/mol. The molecule has 1 rings (SSSR count). The van der Waals surface area contributed by atoms with Gasteiger partial charge in [-0.15, -0.1) is 0 Å². The zero-order valence-electron chi connectivity index (χ0n) is 17.1. The summed E-state index contributed by atoms with van der Waals surface area (Å²) in [6.07, 6.45) is 5.84. The van der Waals surface area contributed by atoms with Gasteiger partial charge in [-0.25, -0.2) is 4.79 Å². The van der Waals surface area contributed by atoms with E-state index in [1.165, 1.54) is 0 Å². The molecule has 0 aromatic heterocycles. The van der Waals surface area contributed by atoms with Crippen LogP contribution in [0.2, 0.25) is 18.1 Å². The summed E-state index contributed by atoms with van der Waals surface area (Å²) in [4.78, 5) is 14.6. The number of hydrogen-bond donors (Lipinski definition) is 0. The average Bonchev–Trinajstić information content (AvgIpc) is 2.41. The van der Waals surface area contributed by atoms with E-state index in [4.69, 9.17) is 9.16 Å². The van der Waals surface area contributed by atoms with Gasteiger partial charge in [0.2, 0.25) is 0 Å². The summed E-state index contributed by atoms with van der Waals surface area (Å²) < 4.78 is 12.0. The van der Waals surface area contributed by atoms with Crippen molar-refractivity contribution in [2.45, 2.75) is 97.1 Å². The van der Waals surface area contributed by atoms with E-state index in [1.807, 2.05) is 25.7 Å². The molecule has 0 aliphatic carbocycles. The highest BCUT2D eigenvalue weighted by molar-refractivity contribution is 6.74. The van der Waals surface area contributed by atoms with Gasteiger partial charge in [0.1, 0.15) is 5.60 Å². The molecular formula is C19H37NO3Si. The molecule has 0 saturated heterocycles. The maximum Gasteiger partial charge on any atom is 0.411 e. The van der Waals surface area contributed by atoms with Gasteiger partial charge in [0.25, 0.3) is 0 Å². The molecule has 0 spiro atoms. The summed E-state index contributed by atoms with van der Waals surface area (Å²) in [6.45, 7) is 19.6. The van der Waals surface area contributed by atoms with Crippen LogP contribution in [0.15, 0.2) is 12.2 Å². The van der Waals surface area contributed by atoms with Crippen LogP contribution < -0.4 is 0 Å². The molecule has 4 nitrogen and oxygen atoms in total. The first kappa shape index (κ1) is 21.2. The SMILES string of the molecule is CC[C@@H]1CC=C[C@H](CO[Si](C)(C)C(C)(C)C)N1C(=O)OC(C)(C)C. The highest BCUT2D eigenvalue weighted by atomic mass is 28.4. The average molecular weight is 356 g/mol. The minimum Gasteiger partial charge on any atom is -0.444 e. The number of ether oxygens (including phenoxy) is 1. The third-order valence-corrected chi connectivity index (χ3v) is 9.51. The first-order valence-electron chi connectivity index (χ1n) is 9.10. The summed E-state index contributed by atoms with van der Waals surface area (Å²) in [5.41, 5.74) is -0.485. The van der Waals surface area contributed by atoms with Crippen molar-refractivity contribution in [2.24, 2.45) is 0 Å². The Kier molecular flexibility index (Phi) is 6.73. The van der Waals surface area contributed by atoms with Crippen LogP contribution in [-0.2, 0) is 9.16 Å². The van der Waals surface area contributed by atoms with Crippen LogP contribution in [-0.4, -0.2) is 43.6 Å². The fourth-order valence-electron chi connectivity index (χ4n) is 2.48. The Hall–Kier alpha value is -0.813. The van der Waals surface area contributed by atoms with E-state index in [0.29, 0.717) is 6.61 Å². The quantitative estimate of drug-likeness (QED) is 0.504. The Bertz CT molecular complexity index is 460. The molecule has 140 valence electrons. The molecule has 1 aliphatic rings. The van der Waals surface area contributed by atoms with Crippen molar-refractivity contribution in [1.82, 2.24) is 4.90 Å². The van der Waals surface area contributed by atoms with E-state index in [2.05, 4.69) is 52.9 Å². The lowest BCUT2D eigenvalue weighted by molar-refractivity contribution is 0.00198. The molecule has 0 saturated carbocycles. The molecule has 0 N–H and O–H groups in total. The summed E-state index contributed by atoms with van der Waals surface area (Å²) in [5.74, 6) is 0. The number of carbonyl (C=O) groups is 1. The van der Waals surface area contributed by atoms with Gasteiger partial charge in [-0.05, 0) is 51.7 Å². The van der Waals surface area contributed by atoms with Crippen LogP contribution in [0.5, 0.6) is 0 Å². The normalized spacial score (nSPS) is 22.6. The van der Waals surface area contributed by atoms with Gasteiger partial charge >= 0.3 is 6.09 Å². The van der Waals surface area contributed by atoms with Crippen molar-refractivity contribution >= 4 is 14.4 Å². The number of nitrogens with zero attached hydrogens (tertiary/aromatic N) is 1. The van der Waals surface area contributed by atoms with Gasteiger partial charge < -0.3 is 9.16 Å². The Morgan fingerprint density at radius 1 is 1.21 bits per heavy atom. The third-order valence-electron chi connectivity index (χ3n) is 5.01. The van der Waals surface area contributed by atoms with Crippen LogP contribution >= 0.6 is 0 Å². The lowest BCUT2D eigenvalue weighted by atomic mass is 10.0. The van der Waals surface area contributed by atoms with E-state index < -0.39 is 13.9 Å². The summed E-state index contributed by atoms with van der Waals surface area (Å²) in [6, 6.07) is 0.130. The lowest BCUT2D eigenvalue weighted by Gasteiger charge is -2.42. The maximum atomic E-state index is 12.7. The molecule has 0 aromatic rings. The molecule has 0 unspecified atom stereocenters. The Morgan fingerprint density at radius 3 is 2.25 bits per heavy atom. The fraction of sp³-hybridized carbons (Fsp3) is 0.842. The molecule has 2 atom stereocenters. The highest BCUT2D eigenvalue weighted by Gasteiger charge is 2.40. The summed E-state index contributed by atoms with van der Waals surface area (Å²) in [5, 5.41) is 0.159. The first-order chi connectivity index (χ1) is 10.8. The minimum absolute atomic E-state index is 0.0484. The van der Waals surface area contributed by atoms with E-state index in [1.54, 1.807) is 0 Å². The second-order valence-electron chi connectivity index (χ2n) is 9.25. The highest BCUT2D eigenvalue weighted by Crippen LogP contribution is 2.37. The zero-order valence-corrected chi connectivity index (χ0v) is 18.1. The molecule has 1 amide bonds. The van der Waals surface area contributed by atoms with Crippen molar-refractivity contribution < 1.29 is 14.0 Å². The van der Waals surface area contributed by atoms with E-state index in [-0.39, 0.29) is 23.2 Å². The standard InChI is InChI=1S/C19H37NO3Si/c1-10-15-12-11-13-16(14-22-24(8,9)19(5,6)7)20(15)17(21)23-18(2,3)4/h11,13,15-16H,10,12,14H2,1-9H3/t15-,16-/m1/s1. The van der Waals surface area contributed by atoms with Crippen LogP contribution in [0.3, 0.4) is 0 Å². The van der Waals surface area contributed by atoms with Crippen molar-refractivity contribution in [1.29, 1.82) is 0 Å². The minimum atomic E-state index is -1.84. The van der Waals surface area contributed by atoms with Crippen molar-refractivity contribution in [3.63, 3.8) is 0 Å². The van der Waals surface area contributed by atoms with Gasteiger partial charge in [0.15, 0.2) is 8.32 Å². The van der Waals surface area contributed by atoms with Gasteiger partial charge in [-0.2, -0.15) is 0 Å².